The molecule has 0 aliphatic heterocycles. The third-order valence-electron chi connectivity index (χ3n) is 7.13. The van der Waals surface area contributed by atoms with Crippen LogP contribution < -0.4 is 14.8 Å². The number of aromatic nitrogens is 1. The smallest absolute Gasteiger partial charge is 0.322 e. The molecule has 1 heterocycles. The van der Waals surface area contributed by atoms with E-state index in [0.717, 1.165) is 34.9 Å². The first-order valence-electron chi connectivity index (χ1n) is 13.3. The zero-order chi connectivity index (χ0) is 28.1. The van der Waals surface area contributed by atoms with Gasteiger partial charge in [-0.15, -0.1) is 0 Å². The first kappa shape index (κ1) is 27.1. The molecule has 2 N–H and O–H groups in total. The summed E-state index contributed by atoms with van der Waals surface area (Å²) < 4.78 is 24.5. The molecule has 9 heteroatoms. The van der Waals surface area contributed by atoms with Gasteiger partial charge in [0.15, 0.2) is 11.5 Å². The summed E-state index contributed by atoms with van der Waals surface area (Å²) in [5.41, 5.74) is 3.39. The van der Waals surface area contributed by atoms with Crippen molar-refractivity contribution < 1.29 is 23.5 Å². The number of urea groups is 1. The number of amides is 3. The molecule has 1 fully saturated rings. The maximum absolute atomic E-state index is 13.8. The van der Waals surface area contributed by atoms with Gasteiger partial charge in [-0.05, 0) is 66.8 Å². The van der Waals surface area contributed by atoms with Crippen LogP contribution in [0.3, 0.4) is 0 Å². The van der Waals surface area contributed by atoms with Gasteiger partial charge < -0.3 is 29.6 Å². The number of aromatic amines is 1. The van der Waals surface area contributed by atoms with Gasteiger partial charge >= 0.3 is 6.03 Å². The summed E-state index contributed by atoms with van der Waals surface area (Å²) >= 11 is 0. The molecule has 0 unspecified atom stereocenters. The number of anilines is 1. The van der Waals surface area contributed by atoms with E-state index in [1.807, 2.05) is 42.6 Å². The Bertz CT molecular complexity index is 1500. The van der Waals surface area contributed by atoms with E-state index in [0.29, 0.717) is 36.7 Å². The van der Waals surface area contributed by atoms with Crippen LogP contribution in [0.2, 0.25) is 0 Å². The fourth-order valence-corrected chi connectivity index (χ4v) is 4.85. The number of halogens is 1. The van der Waals surface area contributed by atoms with Crippen LogP contribution in [0.4, 0.5) is 14.9 Å². The molecule has 0 atom stereocenters. The number of carbonyl (C=O) groups excluding carboxylic acids is 2. The van der Waals surface area contributed by atoms with E-state index in [4.69, 9.17) is 9.47 Å². The van der Waals surface area contributed by atoms with Crippen molar-refractivity contribution in [3.05, 3.63) is 89.9 Å². The zero-order valence-electron chi connectivity index (χ0n) is 22.7. The molecule has 1 aliphatic rings. The number of benzene rings is 3. The van der Waals surface area contributed by atoms with Crippen molar-refractivity contribution in [3.63, 3.8) is 0 Å². The second-order valence-corrected chi connectivity index (χ2v) is 9.91. The van der Waals surface area contributed by atoms with Gasteiger partial charge in [0.2, 0.25) is 5.91 Å². The van der Waals surface area contributed by atoms with E-state index in [1.54, 1.807) is 30.1 Å². The molecule has 0 saturated heterocycles. The second-order valence-electron chi connectivity index (χ2n) is 9.91. The van der Waals surface area contributed by atoms with E-state index in [1.165, 1.54) is 18.2 Å². The highest BCUT2D eigenvalue weighted by Crippen LogP contribution is 2.30. The van der Waals surface area contributed by atoms with Gasteiger partial charge in [-0.3, -0.25) is 4.79 Å². The number of para-hydroxylation sites is 1. The van der Waals surface area contributed by atoms with Gasteiger partial charge in [0.1, 0.15) is 12.4 Å². The predicted molar refractivity (Wildman–Crippen MR) is 152 cm³/mol. The lowest BCUT2D eigenvalue weighted by Crippen LogP contribution is -2.45. The standard InChI is InChI=1S/C31H33FN4O4/c1-39-28-13-10-21(16-29(28)40-2)19-35(15-14-22-18-33-27-9-4-3-8-26(22)27)30(37)20-36(25-11-12-25)31(38)34-24-7-5-6-23(32)17-24/h3-10,13,16-18,25,33H,11-12,14-15,19-20H2,1-2H3,(H,34,38). The Morgan fingerprint density at radius 1 is 1.00 bits per heavy atom. The fraction of sp³-hybridized carbons (Fsp3) is 0.290. The van der Waals surface area contributed by atoms with Crippen molar-refractivity contribution >= 4 is 28.5 Å². The summed E-state index contributed by atoms with van der Waals surface area (Å²) in [4.78, 5) is 33.6. The minimum absolute atomic E-state index is 0.0194. The minimum Gasteiger partial charge on any atom is -0.493 e. The molecule has 4 aromatic rings. The largest absolute Gasteiger partial charge is 0.493 e. The third-order valence-corrected chi connectivity index (χ3v) is 7.13. The lowest BCUT2D eigenvalue weighted by molar-refractivity contribution is -0.132. The molecule has 208 valence electrons. The highest BCUT2D eigenvalue weighted by atomic mass is 19.1. The van der Waals surface area contributed by atoms with E-state index in [2.05, 4.69) is 16.4 Å². The van der Waals surface area contributed by atoms with E-state index in [9.17, 15) is 14.0 Å². The molecule has 40 heavy (non-hydrogen) atoms. The third kappa shape index (κ3) is 6.36. The Labute approximate surface area is 232 Å². The van der Waals surface area contributed by atoms with Gasteiger partial charge in [-0.25, -0.2) is 9.18 Å². The van der Waals surface area contributed by atoms with Crippen molar-refractivity contribution in [2.45, 2.75) is 31.8 Å². The fourth-order valence-electron chi connectivity index (χ4n) is 4.85. The lowest BCUT2D eigenvalue weighted by atomic mass is 10.1. The van der Waals surface area contributed by atoms with Gasteiger partial charge in [0, 0.05) is 41.9 Å². The highest BCUT2D eigenvalue weighted by molar-refractivity contribution is 5.93. The lowest BCUT2D eigenvalue weighted by Gasteiger charge is -2.28. The number of methoxy groups -OCH3 is 2. The van der Waals surface area contributed by atoms with E-state index in [-0.39, 0.29) is 18.5 Å². The maximum atomic E-state index is 13.8. The molecule has 0 spiro atoms. The van der Waals surface area contributed by atoms with Crippen molar-refractivity contribution in [1.29, 1.82) is 0 Å². The van der Waals surface area contributed by atoms with Gasteiger partial charge in [0.05, 0.1) is 14.2 Å². The summed E-state index contributed by atoms with van der Waals surface area (Å²) in [6, 6.07) is 19.0. The summed E-state index contributed by atoms with van der Waals surface area (Å²) in [5, 5.41) is 3.86. The normalized spacial score (nSPS) is 12.7. The van der Waals surface area contributed by atoms with Crippen LogP contribution in [0.1, 0.15) is 24.0 Å². The maximum Gasteiger partial charge on any atom is 0.322 e. The molecule has 3 aromatic carbocycles. The average Bonchev–Trinajstić information content (AvgIpc) is 3.72. The van der Waals surface area contributed by atoms with Gasteiger partial charge in [-0.2, -0.15) is 0 Å². The number of fused-ring (bicyclic) bond motifs is 1. The molecule has 0 bridgehead atoms. The molecule has 1 aliphatic carbocycles. The molecule has 1 aromatic heterocycles. The minimum atomic E-state index is -0.440. The number of nitrogens with zero attached hydrogens (tertiary/aromatic N) is 2. The van der Waals surface area contributed by atoms with Crippen molar-refractivity contribution in [2.24, 2.45) is 0 Å². The number of hydrogen-bond acceptors (Lipinski definition) is 4. The van der Waals surface area contributed by atoms with Crippen molar-refractivity contribution in [1.82, 2.24) is 14.8 Å². The van der Waals surface area contributed by atoms with E-state index < -0.39 is 11.8 Å². The van der Waals surface area contributed by atoms with Crippen LogP contribution in [-0.2, 0) is 17.8 Å². The number of carbonyl (C=O) groups is 2. The quantitative estimate of drug-likeness (QED) is 0.258. The van der Waals surface area contributed by atoms with Crippen molar-refractivity contribution in [3.8, 4) is 11.5 Å². The summed E-state index contributed by atoms with van der Waals surface area (Å²) in [5.74, 6) is 0.580. The Balaban J connectivity index is 1.35. The molecule has 3 amide bonds. The molecular weight excluding hydrogens is 511 g/mol. The summed E-state index contributed by atoms with van der Waals surface area (Å²) in [7, 11) is 3.15. The monoisotopic (exact) mass is 544 g/mol. The van der Waals surface area contributed by atoms with Crippen LogP contribution >= 0.6 is 0 Å². The van der Waals surface area contributed by atoms with Crippen LogP contribution in [0.15, 0.2) is 72.9 Å². The summed E-state index contributed by atoms with van der Waals surface area (Å²) in [6.07, 6.45) is 4.28. The Morgan fingerprint density at radius 2 is 1.80 bits per heavy atom. The Morgan fingerprint density at radius 3 is 2.55 bits per heavy atom. The Kier molecular flexibility index (Phi) is 8.19. The van der Waals surface area contributed by atoms with Crippen LogP contribution in [0.5, 0.6) is 11.5 Å². The topological polar surface area (TPSA) is 86.9 Å². The molecule has 0 radical (unpaired) electrons. The summed E-state index contributed by atoms with van der Waals surface area (Å²) in [6.45, 7) is 0.720. The number of nitrogens with one attached hydrogen (secondary N) is 2. The molecular formula is C31H33FN4O4. The van der Waals surface area contributed by atoms with Crippen molar-refractivity contribution in [2.75, 3.05) is 32.6 Å². The number of ether oxygens (including phenoxy) is 2. The molecule has 5 rings (SSSR count). The first-order valence-corrected chi connectivity index (χ1v) is 13.3. The predicted octanol–water partition coefficient (Wildman–Crippen LogP) is 5.59. The number of H-pyrrole nitrogens is 1. The molecule has 1 saturated carbocycles. The first-order chi connectivity index (χ1) is 19.4. The van der Waals surface area contributed by atoms with Gasteiger partial charge in [0.25, 0.3) is 0 Å². The number of hydrogen-bond donors (Lipinski definition) is 2. The highest BCUT2D eigenvalue weighted by Gasteiger charge is 2.35. The zero-order valence-corrected chi connectivity index (χ0v) is 22.7. The van der Waals surface area contributed by atoms with Crippen LogP contribution in [0.25, 0.3) is 10.9 Å². The number of rotatable bonds is 11. The average molecular weight is 545 g/mol. The second kappa shape index (κ2) is 12.1. The molecule has 8 nitrogen and oxygen atoms in total. The van der Waals surface area contributed by atoms with Gasteiger partial charge in [-0.1, -0.05) is 30.3 Å². The SMILES string of the molecule is COc1ccc(CN(CCc2c[nH]c3ccccc23)C(=O)CN(C(=O)Nc2cccc(F)c2)C2CC2)cc1OC. The van der Waals surface area contributed by atoms with E-state index >= 15 is 0 Å². The van der Waals surface area contributed by atoms with Crippen LogP contribution in [-0.4, -0.2) is 60.1 Å². The Hall–Kier alpha value is -4.53. The van der Waals surface area contributed by atoms with Crippen LogP contribution in [0, 0.1) is 5.82 Å².